The Bertz CT molecular complexity index is 384. The van der Waals surface area contributed by atoms with Crippen LogP contribution < -0.4 is 5.32 Å². The lowest BCUT2D eigenvalue weighted by Crippen LogP contribution is -2.60. The SMILES string of the molecule is C/N=C(C)\C=C(/CCC1CC2(CNC2)C1)C(F)(F)F. The Kier molecular flexibility index (Phi) is 4.04. The molecule has 0 radical (unpaired) electrons. The van der Waals surface area contributed by atoms with Crippen molar-refractivity contribution < 1.29 is 13.2 Å². The summed E-state index contributed by atoms with van der Waals surface area (Å²) in [5.41, 5.74) is 0.428. The predicted octanol–water partition coefficient (Wildman–Crippen LogP) is 3.35. The zero-order chi connectivity index (χ0) is 14.1. The molecule has 19 heavy (non-hydrogen) atoms. The Morgan fingerprint density at radius 3 is 2.42 bits per heavy atom. The van der Waals surface area contributed by atoms with Gasteiger partial charge >= 0.3 is 6.18 Å². The van der Waals surface area contributed by atoms with Gasteiger partial charge in [-0.25, -0.2) is 0 Å². The van der Waals surface area contributed by atoms with E-state index in [0.29, 0.717) is 23.5 Å². The summed E-state index contributed by atoms with van der Waals surface area (Å²) < 4.78 is 38.7. The molecule has 0 aromatic rings. The minimum Gasteiger partial charge on any atom is -0.316 e. The minimum atomic E-state index is -4.23. The molecule has 2 rings (SSSR count). The third-order valence-corrected chi connectivity index (χ3v) is 4.37. The third kappa shape index (κ3) is 3.38. The zero-order valence-corrected chi connectivity index (χ0v) is 11.5. The summed E-state index contributed by atoms with van der Waals surface area (Å²) in [6, 6.07) is 0. The quantitative estimate of drug-likeness (QED) is 0.781. The van der Waals surface area contributed by atoms with Crippen LogP contribution in [-0.4, -0.2) is 32.0 Å². The summed E-state index contributed by atoms with van der Waals surface area (Å²) in [5, 5.41) is 3.24. The van der Waals surface area contributed by atoms with E-state index in [1.54, 1.807) is 6.92 Å². The number of aliphatic imine (C=N–C) groups is 1. The highest BCUT2D eigenvalue weighted by atomic mass is 19.4. The fourth-order valence-electron chi connectivity index (χ4n) is 3.11. The van der Waals surface area contributed by atoms with Gasteiger partial charge in [-0.1, -0.05) is 0 Å². The lowest BCUT2D eigenvalue weighted by Gasteiger charge is -2.54. The molecule has 0 amide bonds. The van der Waals surface area contributed by atoms with Gasteiger partial charge < -0.3 is 5.32 Å². The largest absolute Gasteiger partial charge is 0.412 e. The molecule has 0 aromatic heterocycles. The minimum absolute atomic E-state index is 0.116. The molecule has 1 heterocycles. The Labute approximate surface area is 112 Å². The molecule has 5 heteroatoms. The Hall–Kier alpha value is -0.840. The van der Waals surface area contributed by atoms with Gasteiger partial charge in [-0.15, -0.1) is 0 Å². The summed E-state index contributed by atoms with van der Waals surface area (Å²) >= 11 is 0. The van der Waals surface area contributed by atoms with Gasteiger partial charge in [0.1, 0.15) is 0 Å². The van der Waals surface area contributed by atoms with E-state index in [0.717, 1.165) is 25.9 Å². The molecule has 0 aromatic carbocycles. The molecule has 1 saturated heterocycles. The van der Waals surface area contributed by atoms with Crippen LogP contribution in [0.5, 0.6) is 0 Å². The van der Waals surface area contributed by atoms with Crippen molar-refractivity contribution in [2.24, 2.45) is 16.3 Å². The van der Waals surface area contributed by atoms with E-state index >= 15 is 0 Å². The number of hydrogen-bond acceptors (Lipinski definition) is 2. The first kappa shape index (κ1) is 14.6. The van der Waals surface area contributed by atoms with Gasteiger partial charge in [0.2, 0.25) is 0 Å². The van der Waals surface area contributed by atoms with Crippen molar-refractivity contribution in [3.63, 3.8) is 0 Å². The number of nitrogens with one attached hydrogen (secondary N) is 1. The highest BCUT2D eigenvalue weighted by Gasteiger charge is 2.48. The van der Waals surface area contributed by atoms with Crippen molar-refractivity contribution in [3.05, 3.63) is 11.6 Å². The number of hydrogen-bond donors (Lipinski definition) is 1. The summed E-state index contributed by atoms with van der Waals surface area (Å²) in [5.74, 6) is 0.465. The molecule has 0 bridgehead atoms. The van der Waals surface area contributed by atoms with Gasteiger partial charge in [0.05, 0.1) is 0 Å². The van der Waals surface area contributed by atoms with E-state index in [1.807, 2.05) is 0 Å². The normalized spacial score (nSPS) is 24.3. The van der Waals surface area contributed by atoms with Crippen molar-refractivity contribution in [2.75, 3.05) is 20.1 Å². The van der Waals surface area contributed by atoms with Crippen molar-refractivity contribution in [3.8, 4) is 0 Å². The highest BCUT2D eigenvalue weighted by Crippen LogP contribution is 2.50. The zero-order valence-electron chi connectivity index (χ0n) is 11.5. The maximum atomic E-state index is 12.9. The number of alkyl halides is 3. The van der Waals surface area contributed by atoms with Gasteiger partial charge in [0, 0.05) is 31.4 Å². The second kappa shape index (κ2) is 5.27. The van der Waals surface area contributed by atoms with Crippen molar-refractivity contribution in [1.29, 1.82) is 0 Å². The van der Waals surface area contributed by atoms with Crippen LogP contribution in [0.25, 0.3) is 0 Å². The number of nitrogens with zero attached hydrogens (tertiary/aromatic N) is 1. The van der Waals surface area contributed by atoms with Crippen molar-refractivity contribution in [2.45, 2.75) is 38.8 Å². The van der Waals surface area contributed by atoms with Crippen LogP contribution in [0.3, 0.4) is 0 Å². The van der Waals surface area contributed by atoms with Crippen LogP contribution in [0.1, 0.15) is 32.6 Å². The first-order valence-electron chi connectivity index (χ1n) is 6.76. The maximum absolute atomic E-state index is 12.9. The van der Waals surface area contributed by atoms with E-state index in [1.165, 1.54) is 13.1 Å². The highest BCUT2D eigenvalue weighted by molar-refractivity contribution is 5.93. The fourth-order valence-corrected chi connectivity index (χ4v) is 3.11. The second-order valence-electron chi connectivity index (χ2n) is 5.95. The van der Waals surface area contributed by atoms with Crippen LogP contribution in [0.4, 0.5) is 13.2 Å². The Morgan fingerprint density at radius 2 is 2.00 bits per heavy atom. The van der Waals surface area contributed by atoms with Gasteiger partial charge in [-0.2, -0.15) is 13.2 Å². The molecule has 0 atom stereocenters. The van der Waals surface area contributed by atoms with E-state index < -0.39 is 11.7 Å². The van der Waals surface area contributed by atoms with Gasteiger partial charge in [0.25, 0.3) is 0 Å². The lowest BCUT2D eigenvalue weighted by atomic mass is 9.57. The van der Waals surface area contributed by atoms with Gasteiger partial charge in [-0.3, -0.25) is 4.99 Å². The third-order valence-electron chi connectivity index (χ3n) is 4.37. The number of halogens is 3. The number of allylic oxidation sites excluding steroid dienone is 2. The molecule has 0 unspecified atom stereocenters. The number of rotatable bonds is 4. The smallest absolute Gasteiger partial charge is 0.316 e. The van der Waals surface area contributed by atoms with Gasteiger partial charge in [-0.05, 0) is 50.0 Å². The molecule has 1 aliphatic heterocycles. The molecule has 1 spiro atoms. The van der Waals surface area contributed by atoms with Crippen molar-refractivity contribution >= 4 is 5.71 Å². The van der Waals surface area contributed by atoms with Crippen LogP contribution in [-0.2, 0) is 0 Å². The Balaban J connectivity index is 1.86. The predicted molar refractivity (Wildman–Crippen MR) is 70.4 cm³/mol. The van der Waals surface area contributed by atoms with Crippen LogP contribution in [0.2, 0.25) is 0 Å². The molecule has 2 fully saturated rings. The topological polar surface area (TPSA) is 24.4 Å². The molecule has 1 N–H and O–H groups in total. The molecule has 108 valence electrons. The van der Waals surface area contributed by atoms with Crippen molar-refractivity contribution in [1.82, 2.24) is 5.32 Å². The van der Waals surface area contributed by atoms with E-state index in [2.05, 4.69) is 10.3 Å². The summed E-state index contributed by atoms with van der Waals surface area (Å²) in [6.07, 6.45) is -0.114. The summed E-state index contributed by atoms with van der Waals surface area (Å²) in [7, 11) is 1.51. The fraction of sp³-hybridized carbons (Fsp3) is 0.786. The maximum Gasteiger partial charge on any atom is 0.412 e. The molecular formula is C14H21F3N2. The van der Waals surface area contributed by atoms with E-state index in [9.17, 15) is 13.2 Å². The molecular weight excluding hydrogens is 253 g/mol. The monoisotopic (exact) mass is 274 g/mol. The first-order chi connectivity index (χ1) is 8.85. The molecule has 2 aliphatic rings. The van der Waals surface area contributed by atoms with Crippen LogP contribution >= 0.6 is 0 Å². The molecule has 1 saturated carbocycles. The summed E-state index contributed by atoms with van der Waals surface area (Å²) in [4.78, 5) is 3.78. The summed E-state index contributed by atoms with van der Waals surface area (Å²) in [6.45, 7) is 3.70. The average Bonchev–Trinajstić information content (AvgIpc) is 2.21. The first-order valence-corrected chi connectivity index (χ1v) is 6.76. The molecule has 1 aliphatic carbocycles. The Morgan fingerprint density at radius 1 is 1.37 bits per heavy atom. The van der Waals surface area contributed by atoms with Gasteiger partial charge in [0.15, 0.2) is 0 Å². The standard InChI is InChI=1S/C14H21F3N2/c1-10(18-2)5-12(14(15,16)17)4-3-11-6-13(7-11)8-19-9-13/h5,11,19H,3-4,6-9H2,1-2H3/b12-5+,18-10-. The van der Waals surface area contributed by atoms with E-state index in [4.69, 9.17) is 0 Å². The van der Waals surface area contributed by atoms with E-state index in [-0.39, 0.29) is 6.42 Å². The van der Waals surface area contributed by atoms with Crippen LogP contribution in [0, 0.1) is 11.3 Å². The second-order valence-corrected chi connectivity index (χ2v) is 5.95. The average molecular weight is 274 g/mol. The molecule has 2 nitrogen and oxygen atoms in total. The van der Waals surface area contributed by atoms with Crippen LogP contribution in [0.15, 0.2) is 16.6 Å². The lowest BCUT2D eigenvalue weighted by molar-refractivity contribution is -0.0954.